The van der Waals surface area contributed by atoms with Crippen molar-refractivity contribution in [2.24, 2.45) is 0 Å². The topological polar surface area (TPSA) is 93.8 Å². The van der Waals surface area contributed by atoms with Crippen molar-refractivity contribution in [1.29, 1.82) is 0 Å². The molecule has 8 nitrogen and oxygen atoms in total. The molecule has 3 N–H and O–H groups in total. The summed E-state index contributed by atoms with van der Waals surface area (Å²) in [4.78, 5) is 40.7. The number of rotatable bonds is 6. The lowest BCUT2D eigenvalue weighted by molar-refractivity contribution is -0.127. The highest BCUT2D eigenvalue weighted by Crippen LogP contribution is 2.19. The van der Waals surface area contributed by atoms with E-state index in [0.717, 1.165) is 37.1 Å². The van der Waals surface area contributed by atoms with E-state index in [0.29, 0.717) is 24.8 Å². The Morgan fingerprint density at radius 2 is 1.79 bits per heavy atom. The predicted octanol–water partition coefficient (Wildman–Crippen LogP) is 1.24. The smallest absolute Gasteiger partial charge is 0.325 e. The van der Waals surface area contributed by atoms with Crippen LogP contribution in [-0.4, -0.2) is 72.5 Å². The van der Waals surface area contributed by atoms with Crippen LogP contribution in [0.4, 0.5) is 10.5 Å². The summed E-state index contributed by atoms with van der Waals surface area (Å²) in [6, 6.07) is 5.34. The van der Waals surface area contributed by atoms with Crippen molar-refractivity contribution in [3.63, 3.8) is 0 Å². The second kappa shape index (κ2) is 9.37. The van der Waals surface area contributed by atoms with Crippen molar-refractivity contribution >= 4 is 23.5 Å². The standard InChI is InChI=1S/C21H31N5O3/c1-14-5-4-6-18(15(14)2)23-21(29)24-19(27)13-25-9-11-26(12-10-25)16(3)20(28)22-17-7-8-17/h4-6,16-17H,7-13H2,1-3H3,(H,22,28)(H2,23,24,27,29). The van der Waals surface area contributed by atoms with Crippen LogP contribution in [0.25, 0.3) is 0 Å². The monoisotopic (exact) mass is 401 g/mol. The molecule has 1 atom stereocenters. The number of imide groups is 1. The van der Waals surface area contributed by atoms with Crippen LogP contribution in [0, 0.1) is 13.8 Å². The minimum Gasteiger partial charge on any atom is -0.352 e. The maximum atomic E-state index is 12.2. The van der Waals surface area contributed by atoms with Gasteiger partial charge in [0, 0.05) is 37.9 Å². The molecular weight excluding hydrogens is 370 g/mol. The third-order valence-electron chi connectivity index (χ3n) is 5.73. The highest BCUT2D eigenvalue weighted by atomic mass is 16.2. The molecule has 2 aliphatic rings. The maximum Gasteiger partial charge on any atom is 0.325 e. The fourth-order valence-electron chi connectivity index (χ4n) is 3.43. The van der Waals surface area contributed by atoms with E-state index in [-0.39, 0.29) is 24.4 Å². The lowest BCUT2D eigenvalue weighted by Gasteiger charge is -2.37. The summed E-state index contributed by atoms with van der Waals surface area (Å²) in [6.45, 7) is 8.81. The van der Waals surface area contributed by atoms with Gasteiger partial charge in [-0.25, -0.2) is 4.79 Å². The molecule has 1 saturated heterocycles. The van der Waals surface area contributed by atoms with Crippen LogP contribution in [0.1, 0.15) is 30.9 Å². The molecule has 0 bridgehead atoms. The highest BCUT2D eigenvalue weighted by molar-refractivity contribution is 6.02. The number of carbonyl (C=O) groups is 3. The van der Waals surface area contributed by atoms with Gasteiger partial charge in [-0.1, -0.05) is 12.1 Å². The second-order valence-electron chi connectivity index (χ2n) is 8.02. The molecular formula is C21H31N5O3. The lowest BCUT2D eigenvalue weighted by Crippen LogP contribution is -2.55. The van der Waals surface area contributed by atoms with Gasteiger partial charge < -0.3 is 10.6 Å². The zero-order valence-corrected chi connectivity index (χ0v) is 17.5. The fourth-order valence-corrected chi connectivity index (χ4v) is 3.43. The van der Waals surface area contributed by atoms with Gasteiger partial charge in [0.25, 0.3) is 0 Å². The summed E-state index contributed by atoms with van der Waals surface area (Å²) in [6.07, 6.45) is 2.16. The van der Waals surface area contributed by atoms with Gasteiger partial charge in [-0.15, -0.1) is 0 Å². The minimum absolute atomic E-state index is 0.0850. The Labute approximate surface area is 172 Å². The van der Waals surface area contributed by atoms with Crippen molar-refractivity contribution in [2.75, 3.05) is 38.0 Å². The van der Waals surface area contributed by atoms with Crippen LogP contribution in [-0.2, 0) is 9.59 Å². The third kappa shape index (κ3) is 6.01. The summed E-state index contributed by atoms with van der Waals surface area (Å²) < 4.78 is 0. The van der Waals surface area contributed by atoms with Gasteiger partial charge >= 0.3 is 6.03 Å². The van der Waals surface area contributed by atoms with E-state index in [4.69, 9.17) is 0 Å². The number of hydrogen-bond acceptors (Lipinski definition) is 5. The fraction of sp³-hybridized carbons (Fsp3) is 0.571. The molecule has 1 unspecified atom stereocenters. The predicted molar refractivity (Wildman–Crippen MR) is 112 cm³/mol. The maximum absolute atomic E-state index is 12.2. The molecule has 1 saturated carbocycles. The third-order valence-corrected chi connectivity index (χ3v) is 5.73. The minimum atomic E-state index is -0.521. The SMILES string of the molecule is Cc1cccc(NC(=O)NC(=O)CN2CCN(C(C)C(=O)NC3CC3)CC2)c1C. The summed E-state index contributed by atoms with van der Waals surface area (Å²) in [5.41, 5.74) is 2.75. The van der Waals surface area contributed by atoms with Gasteiger partial charge in [-0.3, -0.25) is 24.7 Å². The number of piperazine rings is 1. The first-order valence-corrected chi connectivity index (χ1v) is 10.3. The quantitative estimate of drug-likeness (QED) is 0.667. The van der Waals surface area contributed by atoms with Crippen molar-refractivity contribution in [1.82, 2.24) is 20.4 Å². The van der Waals surface area contributed by atoms with Crippen LogP contribution in [0.15, 0.2) is 18.2 Å². The van der Waals surface area contributed by atoms with E-state index in [2.05, 4.69) is 20.9 Å². The van der Waals surface area contributed by atoms with Gasteiger partial charge in [-0.05, 0) is 50.8 Å². The molecule has 1 aliphatic carbocycles. The van der Waals surface area contributed by atoms with E-state index in [1.54, 1.807) is 0 Å². The molecule has 0 spiro atoms. The second-order valence-corrected chi connectivity index (χ2v) is 8.02. The Bertz CT molecular complexity index is 770. The molecule has 0 radical (unpaired) electrons. The molecule has 29 heavy (non-hydrogen) atoms. The average molecular weight is 402 g/mol. The first-order chi connectivity index (χ1) is 13.8. The van der Waals surface area contributed by atoms with Crippen LogP contribution in [0.5, 0.6) is 0 Å². The molecule has 0 aromatic heterocycles. The van der Waals surface area contributed by atoms with E-state index in [1.807, 2.05) is 43.9 Å². The van der Waals surface area contributed by atoms with Crippen LogP contribution in [0.2, 0.25) is 0 Å². The number of carbonyl (C=O) groups excluding carboxylic acids is 3. The number of nitrogens with one attached hydrogen (secondary N) is 3. The number of urea groups is 1. The average Bonchev–Trinajstić information content (AvgIpc) is 3.49. The van der Waals surface area contributed by atoms with Gasteiger partial charge in [0.2, 0.25) is 11.8 Å². The molecule has 158 valence electrons. The Balaban J connectivity index is 1.39. The van der Waals surface area contributed by atoms with E-state index >= 15 is 0 Å². The van der Waals surface area contributed by atoms with Crippen molar-refractivity contribution in [2.45, 2.75) is 45.7 Å². The normalized spacial score (nSPS) is 18.7. The Hall–Kier alpha value is -2.45. The van der Waals surface area contributed by atoms with E-state index in [1.165, 1.54) is 0 Å². The molecule has 4 amide bonds. The number of benzene rings is 1. The molecule has 1 aliphatic heterocycles. The lowest BCUT2D eigenvalue weighted by atomic mass is 10.1. The number of amides is 4. The summed E-state index contributed by atoms with van der Waals surface area (Å²) in [5, 5.41) is 8.17. The van der Waals surface area contributed by atoms with Crippen LogP contribution >= 0.6 is 0 Å². The Kier molecular flexibility index (Phi) is 6.87. The molecule has 8 heteroatoms. The molecule has 2 fully saturated rings. The van der Waals surface area contributed by atoms with Gasteiger partial charge in [0.1, 0.15) is 0 Å². The number of anilines is 1. The number of hydrogen-bond donors (Lipinski definition) is 3. The first-order valence-electron chi connectivity index (χ1n) is 10.3. The number of aryl methyl sites for hydroxylation is 1. The van der Waals surface area contributed by atoms with E-state index < -0.39 is 6.03 Å². The Morgan fingerprint density at radius 3 is 2.45 bits per heavy atom. The largest absolute Gasteiger partial charge is 0.352 e. The molecule has 1 heterocycles. The molecule has 1 aromatic carbocycles. The van der Waals surface area contributed by atoms with Crippen LogP contribution < -0.4 is 16.0 Å². The van der Waals surface area contributed by atoms with Crippen LogP contribution in [0.3, 0.4) is 0 Å². The zero-order chi connectivity index (χ0) is 21.0. The molecule has 3 rings (SSSR count). The molecule has 1 aromatic rings. The van der Waals surface area contributed by atoms with Gasteiger partial charge in [-0.2, -0.15) is 0 Å². The number of nitrogens with zero attached hydrogens (tertiary/aromatic N) is 2. The van der Waals surface area contributed by atoms with Gasteiger partial charge in [0.05, 0.1) is 12.6 Å². The summed E-state index contributed by atoms with van der Waals surface area (Å²) in [5.74, 6) is -0.248. The highest BCUT2D eigenvalue weighted by Gasteiger charge is 2.30. The summed E-state index contributed by atoms with van der Waals surface area (Å²) in [7, 11) is 0. The van der Waals surface area contributed by atoms with Crippen molar-refractivity contribution in [3.8, 4) is 0 Å². The van der Waals surface area contributed by atoms with Gasteiger partial charge in [0.15, 0.2) is 0 Å². The first kappa shape index (κ1) is 21.3. The Morgan fingerprint density at radius 1 is 1.10 bits per heavy atom. The van der Waals surface area contributed by atoms with Crippen molar-refractivity contribution < 1.29 is 14.4 Å². The van der Waals surface area contributed by atoms with E-state index in [9.17, 15) is 14.4 Å². The summed E-state index contributed by atoms with van der Waals surface area (Å²) >= 11 is 0. The van der Waals surface area contributed by atoms with Crippen molar-refractivity contribution in [3.05, 3.63) is 29.3 Å². The zero-order valence-electron chi connectivity index (χ0n) is 17.5.